The maximum absolute atomic E-state index is 12.8. The number of ether oxygens (including phenoxy) is 2. The van der Waals surface area contributed by atoms with E-state index < -0.39 is 0 Å². The van der Waals surface area contributed by atoms with Crippen LogP contribution in [0.4, 0.5) is 0 Å². The second kappa shape index (κ2) is 9.42. The summed E-state index contributed by atoms with van der Waals surface area (Å²) in [6, 6.07) is 3.80. The van der Waals surface area contributed by atoms with Crippen molar-refractivity contribution >= 4 is 33.4 Å². The molecule has 0 unspecified atom stereocenters. The number of carbonyl (C=O) groups excluding carboxylic acids is 2. The van der Waals surface area contributed by atoms with Crippen molar-refractivity contribution < 1.29 is 19.1 Å². The van der Waals surface area contributed by atoms with Crippen molar-refractivity contribution in [3.05, 3.63) is 28.8 Å². The standard InChI is InChI=1S/C19H26N4O4S/c1-22(2)12-15(24)23-8-10-27-14(11-23)16-13-5-4-6-21-19(13)28-17(16)18(25)20-7-9-26-3/h4-6,14H,7-12H2,1-3H3,(H,20,25)/t14-/m1/s1. The molecular formula is C19H26N4O4S. The Labute approximate surface area is 168 Å². The van der Waals surface area contributed by atoms with E-state index in [1.807, 2.05) is 31.1 Å². The van der Waals surface area contributed by atoms with E-state index in [1.165, 1.54) is 11.3 Å². The van der Waals surface area contributed by atoms with Crippen LogP contribution in [0.2, 0.25) is 0 Å². The zero-order chi connectivity index (χ0) is 20.1. The van der Waals surface area contributed by atoms with Gasteiger partial charge in [0, 0.05) is 37.3 Å². The Morgan fingerprint density at radius 3 is 3.04 bits per heavy atom. The molecule has 152 valence electrons. The molecule has 2 aromatic heterocycles. The summed E-state index contributed by atoms with van der Waals surface area (Å²) >= 11 is 1.35. The smallest absolute Gasteiger partial charge is 0.261 e. The number of amides is 2. The summed E-state index contributed by atoms with van der Waals surface area (Å²) in [5.74, 6) is -0.113. The van der Waals surface area contributed by atoms with Gasteiger partial charge >= 0.3 is 0 Å². The van der Waals surface area contributed by atoms with Crippen LogP contribution in [0.1, 0.15) is 21.3 Å². The first-order valence-corrected chi connectivity index (χ1v) is 10.0. The third-order valence-electron chi connectivity index (χ3n) is 4.50. The lowest BCUT2D eigenvalue weighted by molar-refractivity contribution is -0.139. The van der Waals surface area contributed by atoms with Crippen molar-refractivity contribution in [2.24, 2.45) is 0 Å². The lowest BCUT2D eigenvalue weighted by atomic mass is 10.0. The predicted molar refractivity (Wildman–Crippen MR) is 108 cm³/mol. The summed E-state index contributed by atoms with van der Waals surface area (Å²) in [5, 5.41) is 3.78. The third kappa shape index (κ3) is 4.67. The van der Waals surface area contributed by atoms with Crippen LogP contribution < -0.4 is 5.32 Å². The molecular weight excluding hydrogens is 380 g/mol. The molecule has 0 aromatic carbocycles. The summed E-state index contributed by atoms with van der Waals surface area (Å²) in [4.78, 5) is 34.7. The summed E-state index contributed by atoms with van der Waals surface area (Å²) in [7, 11) is 5.34. The topological polar surface area (TPSA) is 84.0 Å². The van der Waals surface area contributed by atoms with E-state index in [4.69, 9.17) is 9.47 Å². The number of hydrogen-bond acceptors (Lipinski definition) is 7. The molecule has 1 aliphatic rings. The number of morpholine rings is 1. The van der Waals surface area contributed by atoms with E-state index in [1.54, 1.807) is 18.2 Å². The Morgan fingerprint density at radius 2 is 2.29 bits per heavy atom. The van der Waals surface area contributed by atoms with Crippen molar-refractivity contribution in [3.8, 4) is 0 Å². The van der Waals surface area contributed by atoms with E-state index in [0.29, 0.717) is 44.3 Å². The number of nitrogens with one attached hydrogen (secondary N) is 1. The van der Waals surface area contributed by atoms with E-state index in [0.717, 1.165) is 15.8 Å². The summed E-state index contributed by atoms with van der Waals surface area (Å²) in [6.07, 6.45) is 1.35. The molecule has 28 heavy (non-hydrogen) atoms. The van der Waals surface area contributed by atoms with Crippen LogP contribution in [0.5, 0.6) is 0 Å². The highest BCUT2D eigenvalue weighted by Gasteiger charge is 2.31. The molecule has 9 heteroatoms. The lowest BCUT2D eigenvalue weighted by Crippen LogP contribution is -2.45. The molecule has 0 saturated carbocycles. The Balaban J connectivity index is 1.89. The number of methoxy groups -OCH3 is 1. The van der Waals surface area contributed by atoms with Gasteiger partial charge in [-0.3, -0.25) is 9.59 Å². The SMILES string of the molecule is COCCNC(=O)c1sc2ncccc2c1[C@H]1CN(C(=O)CN(C)C)CCO1. The van der Waals surface area contributed by atoms with E-state index in [-0.39, 0.29) is 17.9 Å². The fraction of sp³-hybridized carbons (Fsp3) is 0.526. The molecule has 0 bridgehead atoms. The van der Waals surface area contributed by atoms with Gasteiger partial charge in [0.15, 0.2) is 0 Å². The van der Waals surface area contributed by atoms with E-state index in [9.17, 15) is 9.59 Å². The fourth-order valence-electron chi connectivity index (χ4n) is 3.21. The van der Waals surface area contributed by atoms with Crippen LogP contribution in [-0.4, -0.2) is 87.2 Å². The zero-order valence-corrected chi connectivity index (χ0v) is 17.3. The van der Waals surface area contributed by atoms with Crippen molar-refractivity contribution in [1.82, 2.24) is 20.1 Å². The van der Waals surface area contributed by atoms with Gasteiger partial charge in [0.25, 0.3) is 5.91 Å². The number of nitrogens with zero attached hydrogens (tertiary/aromatic N) is 3. The lowest BCUT2D eigenvalue weighted by Gasteiger charge is -2.34. The van der Waals surface area contributed by atoms with Gasteiger partial charge in [-0.25, -0.2) is 4.98 Å². The molecule has 0 spiro atoms. The summed E-state index contributed by atoms with van der Waals surface area (Å²) in [6.45, 7) is 2.63. The quantitative estimate of drug-likeness (QED) is 0.694. The number of likely N-dealkylation sites (N-methyl/N-ethyl adjacent to an activating group) is 1. The highest BCUT2D eigenvalue weighted by atomic mass is 32.1. The van der Waals surface area contributed by atoms with Crippen molar-refractivity contribution in [1.29, 1.82) is 0 Å². The molecule has 3 heterocycles. The minimum atomic E-state index is -0.360. The monoisotopic (exact) mass is 406 g/mol. The Kier molecular flexibility index (Phi) is 6.95. The number of carbonyl (C=O) groups is 2. The molecule has 1 N–H and O–H groups in total. The van der Waals surface area contributed by atoms with Gasteiger partial charge in [0.2, 0.25) is 5.91 Å². The van der Waals surface area contributed by atoms with Crippen LogP contribution >= 0.6 is 11.3 Å². The number of pyridine rings is 1. The molecule has 1 saturated heterocycles. The van der Waals surface area contributed by atoms with Gasteiger partial charge in [-0.2, -0.15) is 0 Å². The van der Waals surface area contributed by atoms with Crippen LogP contribution in [0, 0.1) is 0 Å². The van der Waals surface area contributed by atoms with Crippen molar-refractivity contribution in [2.45, 2.75) is 6.10 Å². The number of aromatic nitrogens is 1. The molecule has 2 aromatic rings. The molecule has 3 rings (SSSR count). The fourth-order valence-corrected chi connectivity index (χ4v) is 4.32. The summed E-state index contributed by atoms with van der Waals surface area (Å²) < 4.78 is 11.0. The van der Waals surface area contributed by atoms with Gasteiger partial charge in [-0.15, -0.1) is 11.3 Å². The third-order valence-corrected chi connectivity index (χ3v) is 5.62. The van der Waals surface area contributed by atoms with Crippen LogP contribution in [0.15, 0.2) is 18.3 Å². The molecule has 1 fully saturated rings. The molecule has 0 radical (unpaired) electrons. The van der Waals surface area contributed by atoms with Crippen molar-refractivity contribution in [2.75, 3.05) is 60.6 Å². The van der Waals surface area contributed by atoms with E-state index in [2.05, 4.69) is 10.3 Å². The van der Waals surface area contributed by atoms with Gasteiger partial charge in [-0.1, -0.05) is 6.07 Å². The van der Waals surface area contributed by atoms with Crippen LogP contribution in [0.3, 0.4) is 0 Å². The Morgan fingerprint density at radius 1 is 1.46 bits per heavy atom. The van der Waals surface area contributed by atoms with Crippen LogP contribution in [-0.2, 0) is 14.3 Å². The molecule has 2 amide bonds. The van der Waals surface area contributed by atoms with Crippen LogP contribution in [0.25, 0.3) is 10.2 Å². The zero-order valence-electron chi connectivity index (χ0n) is 16.4. The van der Waals surface area contributed by atoms with E-state index >= 15 is 0 Å². The minimum absolute atomic E-state index is 0.0575. The summed E-state index contributed by atoms with van der Waals surface area (Å²) in [5.41, 5.74) is 0.811. The first kappa shape index (κ1) is 20.7. The normalized spacial score (nSPS) is 17.3. The van der Waals surface area contributed by atoms with Crippen molar-refractivity contribution in [3.63, 3.8) is 0 Å². The number of thiophene rings is 1. The molecule has 0 aliphatic carbocycles. The highest BCUT2D eigenvalue weighted by Crippen LogP contribution is 2.37. The molecule has 1 aliphatic heterocycles. The highest BCUT2D eigenvalue weighted by molar-refractivity contribution is 7.20. The number of fused-ring (bicyclic) bond motifs is 1. The van der Waals surface area contributed by atoms with Gasteiger partial charge in [-0.05, 0) is 20.2 Å². The maximum atomic E-state index is 12.8. The average Bonchev–Trinajstić information content (AvgIpc) is 3.07. The first-order chi connectivity index (χ1) is 13.5. The molecule has 1 atom stereocenters. The Bertz CT molecular complexity index is 838. The first-order valence-electron chi connectivity index (χ1n) is 9.20. The predicted octanol–water partition coefficient (Wildman–Crippen LogP) is 1.13. The van der Waals surface area contributed by atoms with Gasteiger partial charge in [0.1, 0.15) is 15.8 Å². The number of rotatable bonds is 7. The molecule has 8 nitrogen and oxygen atoms in total. The van der Waals surface area contributed by atoms with Gasteiger partial charge < -0.3 is 24.6 Å². The average molecular weight is 407 g/mol. The second-order valence-electron chi connectivity index (χ2n) is 6.89. The maximum Gasteiger partial charge on any atom is 0.261 e. The number of hydrogen-bond donors (Lipinski definition) is 1. The second-order valence-corrected chi connectivity index (χ2v) is 7.89. The largest absolute Gasteiger partial charge is 0.383 e. The van der Waals surface area contributed by atoms with Gasteiger partial charge in [0.05, 0.1) is 26.3 Å². The minimum Gasteiger partial charge on any atom is -0.383 e. The Hall–Kier alpha value is -2.07.